The zero-order valence-corrected chi connectivity index (χ0v) is 12.1. The monoisotopic (exact) mass is 276 g/mol. The maximum atomic E-state index is 12.2. The minimum Gasteiger partial charge on any atom is -0.381 e. The molecule has 4 nitrogen and oxygen atoms in total. The van der Waals surface area contributed by atoms with Gasteiger partial charge in [0.1, 0.15) is 5.78 Å². The SMILES string of the molecule is O=C(Cc1ccn(C2CCCCC2)n1)C1CCCOC1. The topological polar surface area (TPSA) is 44.1 Å². The van der Waals surface area contributed by atoms with Gasteiger partial charge in [0.2, 0.25) is 0 Å². The molecule has 2 heterocycles. The fourth-order valence-corrected chi connectivity index (χ4v) is 3.34. The molecule has 2 aliphatic rings. The minimum atomic E-state index is 0.0866. The third-order valence-electron chi connectivity index (χ3n) is 4.58. The van der Waals surface area contributed by atoms with Gasteiger partial charge >= 0.3 is 0 Å². The number of carbonyl (C=O) groups is 1. The second-order valence-corrected chi connectivity index (χ2v) is 6.14. The van der Waals surface area contributed by atoms with Gasteiger partial charge in [0.05, 0.1) is 24.8 Å². The Balaban J connectivity index is 1.57. The molecule has 1 unspecified atom stereocenters. The van der Waals surface area contributed by atoms with Crippen molar-refractivity contribution in [3.8, 4) is 0 Å². The normalized spacial score (nSPS) is 24.7. The summed E-state index contributed by atoms with van der Waals surface area (Å²) in [6.07, 6.45) is 10.9. The van der Waals surface area contributed by atoms with Gasteiger partial charge in [0.15, 0.2) is 0 Å². The van der Waals surface area contributed by atoms with Crippen molar-refractivity contribution < 1.29 is 9.53 Å². The summed E-state index contributed by atoms with van der Waals surface area (Å²) in [6, 6.07) is 2.56. The molecule has 20 heavy (non-hydrogen) atoms. The van der Waals surface area contributed by atoms with Crippen LogP contribution in [0.3, 0.4) is 0 Å². The second-order valence-electron chi connectivity index (χ2n) is 6.14. The molecule has 1 aliphatic carbocycles. The van der Waals surface area contributed by atoms with Crippen LogP contribution in [0.2, 0.25) is 0 Å². The molecule has 1 aliphatic heterocycles. The molecule has 0 bridgehead atoms. The zero-order chi connectivity index (χ0) is 13.8. The summed E-state index contributed by atoms with van der Waals surface area (Å²) >= 11 is 0. The summed E-state index contributed by atoms with van der Waals surface area (Å²) < 4.78 is 7.48. The standard InChI is InChI=1S/C16H24N2O2/c19-16(13-5-4-10-20-12-13)11-14-8-9-18(17-14)15-6-2-1-3-7-15/h8-9,13,15H,1-7,10-12H2. The highest BCUT2D eigenvalue weighted by Gasteiger charge is 2.23. The fourth-order valence-electron chi connectivity index (χ4n) is 3.34. The lowest BCUT2D eigenvalue weighted by Crippen LogP contribution is -2.26. The van der Waals surface area contributed by atoms with E-state index in [1.54, 1.807) is 0 Å². The van der Waals surface area contributed by atoms with E-state index < -0.39 is 0 Å². The smallest absolute Gasteiger partial charge is 0.144 e. The second kappa shape index (κ2) is 6.53. The first-order valence-electron chi connectivity index (χ1n) is 7.97. The molecule has 1 aromatic rings. The predicted octanol–water partition coefficient (Wildman–Crippen LogP) is 2.93. The molecule has 4 heteroatoms. The molecular weight excluding hydrogens is 252 g/mol. The van der Waals surface area contributed by atoms with E-state index in [-0.39, 0.29) is 5.92 Å². The van der Waals surface area contributed by atoms with Crippen molar-refractivity contribution in [3.05, 3.63) is 18.0 Å². The quantitative estimate of drug-likeness (QED) is 0.849. The molecule has 3 rings (SSSR count). The summed E-state index contributed by atoms with van der Waals surface area (Å²) in [5.74, 6) is 0.377. The molecule has 0 radical (unpaired) electrons. The van der Waals surface area contributed by atoms with Crippen LogP contribution in [0.5, 0.6) is 0 Å². The molecule has 1 aromatic heterocycles. The maximum absolute atomic E-state index is 12.2. The number of ketones is 1. The lowest BCUT2D eigenvalue weighted by atomic mass is 9.95. The number of Topliss-reactive ketones (excluding diaryl/α,β-unsaturated/α-hetero) is 1. The van der Waals surface area contributed by atoms with Crippen LogP contribution in [0.25, 0.3) is 0 Å². The van der Waals surface area contributed by atoms with Gasteiger partial charge in [-0.25, -0.2) is 0 Å². The Morgan fingerprint density at radius 3 is 2.85 bits per heavy atom. The van der Waals surface area contributed by atoms with Gasteiger partial charge in [-0.2, -0.15) is 5.10 Å². The molecule has 1 atom stereocenters. The number of hydrogen-bond acceptors (Lipinski definition) is 3. The number of nitrogens with zero attached hydrogens (tertiary/aromatic N) is 2. The Hall–Kier alpha value is -1.16. The first-order chi connectivity index (χ1) is 9.83. The third kappa shape index (κ3) is 3.29. The van der Waals surface area contributed by atoms with Crippen LogP contribution in [0, 0.1) is 5.92 Å². The molecule has 0 spiro atoms. The molecular formula is C16H24N2O2. The van der Waals surface area contributed by atoms with E-state index in [1.165, 1.54) is 32.1 Å². The van der Waals surface area contributed by atoms with Crippen LogP contribution >= 0.6 is 0 Å². The predicted molar refractivity (Wildman–Crippen MR) is 76.6 cm³/mol. The van der Waals surface area contributed by atoms with Crippen LogP contribution in [-0.4, -0.2) is 28.8 Å². The fraction of sp³-hybridized carbons (Fsp3) is 0.750. The van der Waals surface area contributed by atoms with Crippen molar-refractivity contribution in [1.82, 2.24) is 9.78 Å². The Labute approximate surface area is 120 Å². The molecule has 0 N–H and O–H groups in total. The highest BCUT2D eigenvalue weighted by atomic mass is 16.5. The van der Waals surface area contributed by atoms with Gasteiger partial charge in [-0.3, -0.25) is 9.48 Å². The Morgan fingerprint density at radius 1 is 1.25 bits per heavy atom. The first-order valence-corrected chi connectivity index (χ1v) is 7.97. The molecule has 110 valence electrons. The number of rotatable bonds is 4. The Morgan fingerprint density at radius 2 is 2.10 bits per heavy atom. The lowest BCUT2D eigenvalue weighted by Gasteiger charge is -2.22. The molecule has 1 saturated carbocycles. The minimum absolute atomic E-state index is 0.0866. The van der Waals surface area contributed by atoms with Gasteiger partial charge in [0, 0.05) is 18.7 Å². The van der Waals surface area contributed by atoms with Gasteiger partial charge in [-0.05, 0) is 31.7 Å². The summed E-state index contributed by atoms with van der Waals surface area (Å²) in [7, 11) is 0. The van der Waals surface area contributed by atoms with E-state index in [4.69, 9.17) is 4.74 Å². The molecule has 2 fully saturated rings. The third-order valence-corrected chi connectivity index (χ3v) is 4.58. The van der Waals surface area contributed by atoms with Gasteiger partial charge < -0.3 is 4.74 Å². The largest absolute Gasteiger partial charge is 0.381 e. The summed E-state index contributed by atoms with van der Waals surface area (Å²) in [5.41, 5.74) is 0.922. The van der Waals surface area contributed by atoms with Crippen molar-refractivity contribution in [2.75, 3.05) is 13.2 Å². The van der Waals surface area contributed by atoms with E-state index in [2.05, 4.69) is 16.0 Å². The summed E-state index contributed by atoms with van der Waals surface area (Å²) in [4.78, 5) is 12.2. The van der Waals surface area contributed by atoms with Crippen LogP contribution in [0.4, 0.5) is 0 Å². The summed E-state index contributed by atoms with van der Waals surface area (Å²) in [5, 5.41) is 4.62. The summed E-state index contributed by atoms with van der Waals surface area (Å²) in [6.45, 7) is 1.41. The molecule has 1 saturated heterocycles. The van der Waals surface area contributed by atoms with E-state index in [1.807, 2.05) is 6.07 Å². The Bertz CT molecular complexity index is 443. The van der Waals surface area contributed by atoms with Crippen LogP contribution in [-0.2, 0) is 16.0 Å². The van der Waals surface area contributed by atoms with Crippen molar-refractivity contribution in [3.63, 3.8) is 0 Å². The Kier molecular flexibility index (Phi) is 4.51. The number of aromatic nitrogens is 2. The van der Waals surface area contributed by atoms with Crippen molar-refractivity contribution in [2.45, 2.75) is 57.4 Å². The van der Waals surface area contributed by atoms with Crippen LogP contribution < -0.4 is 0 Å². The maximum Gasteiger partial charge on any atom is 0.144 e. The number of carbonyl (C=O) groups excluding carboxylic acids is 1. The van der Waals surface area contributed by atoms with Gasteiger partial charge in [-0.1, -0.05) is 19.3 Å². The lowest BCUT2D eigenvalue weighted by molar-refractivity contribution is -0.126. The number of ether oxygens (including phenoxy) is 1. The first kappa shape index (κ1) is 13.8. The van der Waals surface area contributed by atoms with Gasteiger partial charge in [-0.15, -0.1) is 0 Å². The van der Waals surface area contributed by atoms with Crippen LogP contribution in [0.15, 0.2) is 12.3 Å². The molecule has 0 amide bonds. The van der Waals surface area contributed by atoms with Crippen molar-refractivity contribution in [1.29, 1.82) is 0 Å². The molecule has 0 aromatic carbocycles. The van der Waals surface area contributed by atoms with Crippen LogP contribution in [0.1, 0.15) is 56.7 Å². The van der Waals surface area contributed by atoms with E-state index >= 15 is 0 Å². The highest BCUT2D eigenvalue weighted by Crippen LogP contribution is 2.27. The number of hydrogen-bond donors (Lipinski definition) is 0. The average Bonchev–Trinajstić information content (AvgIpc) is 2.97. The van der Waals surface area contributed by atoms with E-state index in [0.717, 1.165) is 25.1 Å². The van der Waals surface area contributed by atoms with E-state index in [0.29, 0.717) is 24.9 Å². The van der Waals surface area contributed by atoms with E-state index in [9.17, 15) is 4.79 Å². The van der Waals surface area contributed by atoms with Gasteiger partial charge in [0.25, 0.3) is 0 Å². The van der Waals surface area contributed by atoms with Crippen molar-refractivity contribution >= 4 is 5.78 Å². The van der Waals surface area contributed by atoms with Crippen molar-refractivity contribution in [2.24, 2.45) is 5.92 Å². The highest BCUT2D eigenvalue weighted by molar-refractivity contribution is 5.83. The zero-order valence-electron chi connectivity index (χ0n) is 12.1. The average molecular weight is 276 g/mol.